The van der Waals surface area contributed by atoms with Crippen molar-refractivity contribution in [2.75, 3.05) is 47.5 Å². The minimum Gasteiger partial charge on any atom is -0.497 e. The Bertz CT molecular complexity index is 606. The van der Waals surface area contributed by atoms with E-state index in [1.807, 2.05) is 13.1 Å². The predicted molar refractivity (Wildman–Crippen MR) is 129 cm³/mol. The number of ether oxygens (including phenoxy) is 3. The summed E-state index contributed by atoms with van der Waals surface area (Å²) in [5, 5.41) is 6.91. The molecule has 2 rings (SSSR count). The van der Waals surface area contributed by atoms with Gasteiger partial charge in [-0.15, -0.1) is 24.0 Å². The summed E-state index contributed by atoms with van der Waals surface area (Å²) < 4.78 is 16.3. The van der Waals surface area contributed by atoms with Gasteiger partial charge in [-0.1, -0.05) is 0 Å². The van der Waals surface area contributed by atoms with E-state index < -0.39 is 0 Å². The van der Waals surface area contributed by atoms with E-state index in [-0.39, 0.29) is 30.1 Å². The fourth-order valence-electron chi connectivity index (χ4n) is 3.30. The summed E-state index contributed by atoms with van der Waals surface area (Å²) in [7, 11) is 5.18. The lowest BCUT2D eigenvalue weighted by Crippen LogP contribution is -2.44. The van der Waals surface area contributed by atoms with Crippen LogP contribution in [0.15, 0.2) is 23.2 Å². The number of hydrogen-bond acceptors (Lipinski definition) is 5. The molecular formula is C21H37IN4O3. The lowest BCUT2D eigenvalue weighted by molar-refractivity contribution is 0.0776. The Kier molecular flexibility index (Phi) is 12.3. The van der Waals surface area contributed by atoms with Crippen molar-refractivity contribution in [3.05, 3.63) is 23.8 Å². The molecule has 1 aromatic carbocycles. The van der Waals surface area contributed by atoms with Gasteiger partial charge in [-0.2, -0.15) is 0 Å². The van der Waals surface area contributed by atoms with E-state index in [0.717, 1.165) is 63.1 Å². The molecule has 1 unspecified atom stereocenters. The number of benzene rings is 1. The van der Waals surface area contributed by atoms with Crippen LogP contribution in [0.2, 0.25) is 0 Å². The fraction of sp³-hybridized carbons (Fsp3) is 0.667. The van der Waals surface area contributed by atoms with Crippen LogP contribution in [0.25, 0.3) is 0 Å². The van der Waals surface area contributed by atoms with Crippen LogP contribution in [-0.2, 0) is 11.3 Å². The number of methoxy groups -OCH3 is 2. The zero-order valence-corrected chi connectivity index (χ0v) is 20.7. The summed E-state index contributed by atoms with van der Waals surface area (Å²) >= 11 is 0. The van der Waals surface area contributed by atoms with Gasteiger partial charge in [0.2, 0.25) is 0 Å². The Morgan fingerprint density at radius 2 is 1.90 bits per heavy atom. The van der Waals surface area contributed by atoms with Crippen LogP contribution in [0, 0.1) is 0 Å². The van der Waals surface area contributed by atoms with Gasteiger partial charge in [-0.05, 0) is 44.4 Å². The molecule has 8 heteroatoms. The first-order valence-corrected chi connectivity index (χ1v) is 10.1. The monoisotopic (exact) mass is 520 g/mol. The maximum atomic E-state index is 5.57. The van der Waals surface area contributed by atoms with E-state index in [4.69, 9.17) is 14.2 Å². The summed E-state index contributed by atoms with van der Waals surface area (Å²) in [6, 6.07) is 6.44. The SMILES string of the molecule is CN=C(NCCCOC(C)C)NC1CCN(Cc2cc(OC)cc(OC)c2)C1.I. The minimum absolute atomic E-state index is 0. The molecule has 166 valence electrons. The fourth-order valence-corrected chi connectivity index (χ4v) is 3.30. The Morgan fingerprint density at radius 1 is 1.21 bits per heavy atom. The number of likely N-dealkylation sites (tertiary alicyclic amines) is 1. The van der Waals surface area contributed by atoms with Gasteiger partial charge in [-0.25, -0.2) is 0 Å². The van der Waals surface area contributed by atoms with Gasteiger partial charge in [-0.3, -0.25) is 9.89 Å². The minimum atomic E-state index is 0. The molecule has 7 nitrogen and oxygen atoms in total. The average Bonchev–Trinajstić information content (AvgIpc) is 3.12. The molecule has 29 heavy (non-hydrogen) atoms. The van der Waals surface area contributed by atoms with Crippen molar-refractivity contribution in [2.45, 2.75) is 45.4 Å². The zero-order valence-electron chi connectivity index (χ0n) is 18.4. The average molecular weight is 520 g/mol. The molecule has 0 bridgehead atoms. The molecule has 1 fully saturated rings. The van der Waals surface area contributed by atoms with Crippen LogP contribution in [-0.4, -0.2) is 70.5 Å². The van der Waals surface area contributed by atoms with Gasteiger partial charge in [0.1, 0.15) is 11.5 Å². The van der Waals surface area contributed by atoms with E-state index in [9.17, 15) is 0 Å². The summed E-state index contributed by atoms with van der Waals surface area (Å²) in [6.07, 6.45) is 2.34. The van der Waals surface area contributed by atoms with E-state index in [2.05, 4.69) is 46.5 Å². The molecule has 0 saturated carbocycles. The molecular weight excluding hydrogens is 483 g/mol. The molecule has 0 aromatic heterocycles. The smallest absolute Gasteiger partial charge is 0.191 e. The van der Waals surface area contributed by atoms with Gasteiger partial charge < -0.3 is 24.8 Å². The highest BCUT2D eigenvalue weighted by Crippen LogP contribution is 2.24. The number of nitrogens with one attached hydrogen (secondary N) is 2. The second kappa shape index (κ2) is 13.9. The number of rotatable bonds is 10. The first-order chi connectivity index (χ1) is 13.5. The number of nitrogens with zero attached hydrogens (tertiary/aromatic N) is 2. The van der Waals surface area contributed by atoms with E-state index in [0.29, 0.717) is 6.04 Å². The van der Waals surface area contributed by atoms with E-state index in [1.54, 1.807) is 14.2 Å². The summed E-state index contributed by atoms with van der Waals surface area (Å²) in [6.45, 7) is 8.65. The third-order valence-electron chi connectivity index (χ3n) is 4.72. The molecule has 1 heterocycles. The second-order valence-electron chi connectivity index (χ2n) is 7.36. The quantitative estimate of drug-likeness (QED) is 0.214. The van der Waals surface area contributed by atoms with E-state index in [1.165, 1.54) is 5.56 Å². The molecule has 1 saturated heterocycles. The van der Waals surface area contributed by atoms with Crippen molar-refractivity contribution < 1.29 is 14.2 Å². The summed E-state index contributed by atoms with van der Waals surface area (Å²) in [5.41, 5.74) is 1.20. The third kappa shape index (κ3) is 9.39. The van der Waals surface area contributed by atoms with Crippen molar-refractivity contribution >= 4 is 29.9 Å². The molecule has 1 aromatic rings. The molecule has 2 N–H and O–H groups in total. The van der Waals surface area contributed by atoms with Gasteiger partial charge in [0.25, 0.3) is 0 Å². The summed E-state index contributed by atoms with van der Waals surface area (Å²) in [5.74, 6) is 2.52. The maximum absolute atomic E-state index is 5.57. The van der Waals surface area contributed by atoms with Crippen LogP contribution in [0.4, 0.5) is 0 Å². The van der Waals surface area contributed by atoms with Crippen molar-refractivity contribution in [3.8, 4) is 11.5 Å². The van der Waals surface area contributed by atoms with Crippen LogP contribution >= 0.6 is 24.0 Å². The lowest BCUT2D eigenvalue weighted by Gasteiger charge is -2.19. The predicted octanol–water partition coefficient (Wildman–Crippen LogP) is 2.88. The van der Waals surface area contributed by atoms with Crippen molar-refractivity contribution in [2.24, 2.45) is 4.99 Å². The highest BCUT2D eigenvalue weighted by atomic mass is 127. The molecule has 0 amide bonds. The Hall–Kier alpha value is -1.26. The first kappa shape index (κ1) is 25.8. The van der Waals surface area contributed by atoms with Crippen molar-refractivity contribution in [1.29, 1.82) is 0 Å². The van der Waals surface area contributed by atoms with Crippen molar-refractivity contribution in [3.63, 3.8) is 0 Å². The highest BCUT2D eigenvalue weighted by molar-refractivity contribution is 14.0. The van der Waals surface area contributed by atoms with E-state index >= 15 is 0 Å². The number of guanidine groups is 1. The molecule has 0 radical (unpaired) electrons. The Morgan fingerprint density at radius 3 is 2.48 bits per heavy atom. The molecule has 1 aliphatic rings. The maximum Gasteiger partial charge on any atom is 0.191 e. The van der Waals surface area contributed by atoms with Crippen LogP contribution in [0.3, 0.4) is 0 Å². The normalized spacial score (nSPS) is 17.2. The number of aliphatic imine (C=N–C) groups is 1. The first-order valence-electron chi connectivity index (χ1n) is 10.1. The van der Waals surface area contributed by atoms with Crippen LogP contribution in [0.5, 0.6) is 11.5 Å². The highest BCUT2D eigenvalue weighted by Gasteiger charge is 2.23. The van der Waals surface area contributed by atoms with Gasteiger partial charge in [0, 0.05) is 51.9 Å². The third-order valence-corrected chi connectivity index (χ3v) is 4.72. The number of halogens is 1. The van der Waals surface area contributed by atoms with Crippen molar-refractivity contribution in [1.82, 2.24) is 15.5 Å². The zero-order chi connectivity index (χ0) is 20.4. The van der Waals surface area contributed by atoms with Gasteiger partial charge in [0.05, 0.1) is 20.3 Å². The van der Waals surface area contributed by atoms with Crippen LogP contribution in [0.1, 0.15) is 32.3 Å². The van der Waals surface area contributed by atoms with Gasteiger partial charge >= 0.3 is 0 Å². The molecule has 0 spiro atoms. The molecule has 1 aliphatic heterocycles. The summed E-state index contributed by atoms with van der Waals surface area (Å²) in [4.78, 5) is 6.78. The molecule has 1 atom stereocenters. The largest absolute Gasteiger partial charge is 0.497 e. The van der Waals surface area contributed by atoms with Crippen LogP contribution < -0.4 is 20.1 Å². The van der Waals surface area contributed by atoms with Gasteiger partial charge in [0.15, 0.2) is 5.96 Å². The number of hydrogen-bond donors (Lipinski definition) is 2. The molecule has 0 aliphatic carbocycles. The Labute approximate surface area is 192 Å². The lowest BCUT2D eigenvalue weighted by atomic mass is 10.2. The second-order valence-corrected chi connectivity index (χ2v) is 7.36. The Balaban J connectivity index is 0.00000420. The topological polar surface area (TPSA) is 67.4 Å². The standard InChI is InChI=1S/C21H36N4O3.HI/c1-16(2)28-10-6-8-23-21(22-3)24-18-7-9-25(15-18)14-17-11-19(26-4)13-20(12-17)27-5;/h11-13,16,18H,6-10,14-15H2,1-5H3,(H2,22,23,24);1H.